The van der Waals surface area contributed by atoms with Gasteiger partial charge >= 0.3 is 0 Å². The van der Waals surface area contributed by atoms with Gasteiger partial charge < -0.3 is 9.84 Å². The van der Waals surface area contributed by atoms with E-state index in [1.165, 1.54) is 13.4 Å². The maximum Gasteiger partial charge on any atom is 0.210 e. The van der Waals surface area contributed by atoms with Gasteiger partial charge in [0.15, 0.2) is 23.0 Å². The van der Waals surface area contributed by atoms with E-state index in [1.807, 2.05) is 16.8 Å². The first kappa shape index (κ1) is 18.0. The molecule has 110 valence electrons. The van der Waals surface area contributed by atoms with Gasteiger partial charge in [0.2, 0.25) is 6.20 Å². The second-order valence-corrected chi connectivity index (χ2v) is 5.06. The Morgan fingerprint density at radius 3 is 2.53 bits per heavy atom. The summed E-state index contributed by atoms with van der Waals surface area (Å²) >= 11 is -1.07. The molecule has 1 unspecified atom stereocenters. The molecule has 0 aliphatic carbocycles. The van der Waals surface area contributed by atoms with Crippen LogP contribution in [0.2, 0.25) is 0 Å². The molecular weight excluding hydrogens is 266 g/mol. The van der Waals surface area contributed by atoms with Crippen LogP contribution in [0.15, 0.2) is 24.5 Å². The molecule has 6 heteroatoms. The van der Waals surface area contributed by atoms with Crippen LogP contribution in [0.25, 0.3) is 0 Å². The fraction of sp³-hybridized carbons (Fsp3) is 0.615. The van der Waals surface area contributed by atoms with Gasteiger partial charge in [-0.3, -0.25) is 4.18 Å². The first-order valence-electron chi connectivity index (χ1n) is 6.15. The zero-order valence-electron chi connectivity index (χ0n) is 11.9. The molecule has 1 rings (SSSR count). The molecule has 0 saturated heterocycles. The molecule has 0 radical (unpaired) electrons. The Kier molecular flexibility index (Phi) is 11.5. The SMILES string of the molecule is COCCCCC[n+]1cccc(O)c1.COS(C)=O. The number of nitrogens with zero attached hydrogens (tertiary/aromatic N) is 1. The Morgan fingerprint density at radius 2 is 2.00 bits per heavy atom. The fourth-order valence-electron chi connectivity index (χ4n) is 1.36. The Balaban J connectivity index is 0.000000555. The minimum atomic E-state index is -1.07. The van der Waals surface area contributed by atoms with Gasteiger partial charge in [-0.15, -0.1) is 0 Å². The molecule has 0 spiro atoms. The van der Waals surface area contributed by atoms with E-state index < -0.39 is 11.1 Å². The lowest BCUT2D eigenvalue weighted by molar-refractivity contribution is -0.697. The van der Waals surface area contributed by atoms with Crippen molar-refractivity contribution in [3.63, 3.8) is 0 Å². The molecule has 1 aromatic rings. The van der Waals surface area contributed by atoms with Crippen LogP contribution in [0.3, 0.4) is 0 Å². The average Bonchev–Trinajstić information content (AvgIpc) is 2.39. The average molecular weight is 290 g/mol. The molecule has 0 fully saturated rings. The number of aromatic hydroxyl groups is 1. The lowest BCUT2D eigenvalue weighted by Crippen LogP contribution is -2.32. The summed E-state index contributed by atoms with van der Waals surface area (Å²) in [5, 5.41) is 9.21. The van der Waals surface area contributed by atoms with E-state index in [9.17, 15) is 9.32 Å². The smallest absolute Gasteiger partial charge is 0.210 e. The van der Waals surface area contributed by atoms with Crippen LogP contribution in [0, 0.1) is 0 Å². The fourth-order valence-corrected chi connectivity index (χ4v) is 1.36. The number of hydrogen-bond acceptors (Lipinski definition) is 4. The molecular formula is C13H24NO4S+. The van der Waals surface area contributed by atoms with Crippen molar-refractivity contribution in [3.05, 3.63) is 24.5 Å². The summed E-state index contributed by atoms with van der Waals surface area (Å²) < 4.78 is 20.9. The summed E-state index contributed by atoms with van der Waals surface area (Å²) in [6, 6.07) is 3.53. The first-order valence-corrected chi connectivity index (χ1v) is 7.63. The summed E-state index contributed by atoms with van der Waals surface area (Å²) in [4.78, 5) is 0. The number of rotatable bonds is 7. The van der Waals surface area contributed by atoms with Crippen LogP contribution < -0.4 is 4.57 Å². The minimum Gasteiger partial charge on any atom is -0.503 e. The Hall–Kier alpha value is -0.980. The third-order valence-electron chi connectivity index (χ3n) is 2.34. The highest BCUT2D eigenvalue weighted by Gasteiger charge is 2.00. The molecule has 0 saturated carbocycles. The molecule has 0 aliphatic rings. The molecule has 1 heterocycles. The minimum absolute atomic E-state index is 0.324. The largest absolute Gasteiger partial charge is 0.503 e. The van der Waals surface area contributed by atoms with Gasteiger partial charge in [-0.2, -0.15) is 0 Å². The van der Waals surface area contributed by atoms with Crippen molar-refractivity contribution in [3.8, 4) is 5.75 Å². The maximum atomic E-state index is 9.70. The van der Waals surface area contributed by atoms with Crippen molar-refractivity contribution in [2.45, 2.75) is 25.8 Å². The summed E-state index contributed by atoms with van der Waals surface area (Å²) in [6.07, 6.45) is 8.58. The van der Waals surface area contributed by atoms with E-state index in [-0.39, 0.29) is 0 Å². The summed E-state index contributed by atoms with van der Waals surface area (Å²) in [5.41, 5.74) is 0. The van der Waals surface area contributed by atoms with Crippen LogP contribution in [-0.4, -0.2) is 36.4 Å². The van der Waals surface area contributed by atoms with Gasteiger partial charge in [-0.05, 0) is 18.9 Å². The lowest BCUT2D eigenvalue weighted by atomic mass is 10.2. The lowest BCUT2D eigenvalue weighted by Gasteiger charge is -1.98. The summed E-state index contributed by atoms with van der Waals surface area (Å²) in [6.45, 7) is 1.79. The number of hydrogen-bond donors (Lipinski definition) is 1. The number of pyridine rings is 1. The van der Waals surface area contributed by atoms with Gasteiger partial charge in [-0.25, -0.2) is 8.78 Å². The van der Waals surface area contributed by atoms with E-state index in [2.05, 4.69) is 4.18 Å². The molecule has 0 aliphatic heterocycles. The monoisotopic (exact) mass is 290 g/mol. The maximum absolute atomic E-state index is 9.70. The number of aromatic nitrogens is 1. The molecule has 5 nitrogen and oxygen atoms in total. The number of unbranched alkanes of at least 4 members (excludes halogenated alkanes) is 2. The molecule has 1 N–H and O–H groups in total. The van der Waals surface area contributed by atoms with Crippen LogP contribution in [0.5, 0.6) is 5.75 Å². The third-order valence-corrected chi connectivity index (χ3v) is 2.81. The number of aryl methyl sites for hydroxylation is 1. The standard InChI is InChI=1S/C11H17NO2.C2H6O2S/c1-14-9-4-2-3-7-12-8-5-6-11(13)10-12;1-4-5(2)3/h5-6,8,10H,2-4,7,9H2,1H3;1-2H3/p+1. The predicted octanol–water partition coefficient (Wildman–Crippen LogP) is 1.42. The highest BCUT2D eigenvalue weighted by molar-refractivity contribution is 7.79. The third kappa shape index (κ3) is 11.8. The van der Waals surface area contributed by atoms with Crippen molar-refractivity contribution in [2.24, 2.45) is 0 Å². The van der Waals surface area contributed by atoms with E-state index >= 15 is 0 Å². The van der Waals surface area contributed by atoms with E-state index in [0.717, 1.165) is 32.4 Å². The molecule has 0 amide bonds. The molecule has 1 aromatic heterocycles. The second-order valence-electron chi connectivity index (χ2n) is 3.92. The van der Waals surface area contributed by atoms with Crippen LogP contribution >= 0.6 is 0 Å². The molecule has 19 heavy (non-hydrogen) atoms. The Morgan fingerprint density at radius 1 is 1.32 bits per heavy atom. The molecule has 0 bridgehead atoms. The highest BCUT2D eigenvalue weighted by atomic mass is 32.2. The Bertz CT molecular complexity index is 360. The molecule has 1 atom stereocenters. The number of ether oxygens (including phenoxy) is 1. The zero-order chi connectivity index (χ0) is 14.5. The Labute approximate surface area is 117 Å². The van der Waals surface area contributed by atoms with Crippen molar-refractivity contribution in [1.29, 1.82) is 0 Å². The van der Waals surface area contributed by atoms with Gasteiger partial charge in [0.25, 0.3) is 0 Å². The van der Waals surface area contributed by atoms with Crippen molar-refractivity contribution >= 4 is 11.1 Å². The van der Waals surface area contributed by atoms with E-state index in [1.54, 1.807) is 19.4 Å². The highest BCUT2D eigenvalue weighted by Crippen LogP contribution is 2.01. The van der Waals surface area contributed by atoms with Crippen LogP contribution in [0.1, 0.15) is 19.3 Å². The van der Waals surface area contributed by atoms with Crippen LogP contribution in [0.4, 0.5) is 0 Å². The normalized spacial score (nSPS) is 11.5. The van der Waals surface area contributed by atoms with Crippen molar-refractivity contribution in [2.75, 3.05) is 27.1 Å². The predicted molar refractivity (Wildman–Crippen MR) is 75.1 cm³/mol. The van der Waals surface area contributed by atoms with Gasteiger partial charge in [0, 0.05) is 32.5 Å². The van der Waals surface area contributed by atoms with Gasteiger partial charge in [0.05, 0.1) is 7.11 Å². The van der Waals surface area contributed by atoms with Crippen molar-refractivity contribution < 1.29 is 22.8 Å². The van der Waals surface area contributed by atoms with Gasteiger partial charge in [-0.1, -0.05) is 0 Å². The second kappa shape index (κ2) is 12.1. The summed E-state index contributed by atoms with van der Waals surface area (Å²) in [5.74, 6) is 0.324. The van der Waals surface area contributed by atoms with E-state index in [0.29, 0.717) is 5.75 Å². The first-order chi connectivity index (χ1) is 9.10. The quantitative estimate of drug-likeness (QED) is 0.609. The topological polar surface area (TPSA) is 59.6 Å². The summed E-state index contributed by atoms with van der Waals surface area (Å²) in [7, 11) is 3.13. The van der Waals surface area contributed by atoms with E-state index in [4.69, 9.17) is 4.74 Å². The van der Waals surface area contributed by atoms with Crippen molar-refractivity contribution in [1.82, 2.24) is 0 Å². The van der Waals surface area contributed by atoms with Gasteiger partial charge in [0.1, 0.15) is 6.54 Å². The zero-order valence-corrected chi connectivity index (χ0v) is 12.7. The van der Waals surface area contributed by atoms with Crippen LogP contribution in [-0.2, 0) is 26.5 Å². The molecule has 0 aromatic carbocycles. The number of methoxy groups -OCH3 is 1.